The van der Waals surface area contributed by atoms with E-state index in [0.29, 0.717) is 16.7 Å². The monoisotopic (exact) mass is 374 g/mol. The van der Waals surface area contributed by atoms with Gasteiger partial charge in [0.05, 0.1) is 0 Å². The van der Waals surface area contributed by atoms with Gasteiger partial charge in [0.2, 0.25) is 0 Å². The molecule has 0 aliphatic carbocycles. The smallest absolute Gasteiger partial charge is 0.140 e. The first-order valence-electron chi connectivity index (χ1n) is 7.00. The van der Waals surface area contributed by atoms with Crippen LogP contribution in [0.1, 0.15) is 16.7 Å². The lowest BCUT2D eigenvalue weighted by molar-refractivity contribution is 0.125. The van der Waals surface area contributed by atoms with Gasteiger partial charge in [-0.2, -0.15) is 0 Å². The van der Waals surface area contributed by atoms with Crippen molar-refractivity contribution in [1.82, 2.24) is 0 Å². The lowest BCUT2D eigenvalue weighted by atomic mass is 9.80. The van der Waals surface area contributed by atoms with E-state index < -0.39 is 5.60 Å². The first-order chi connectivity index (χ1) is 11.0. The molecule has 3 aromatic rings. The van der Waals surface area contributed by atoms with Crippen LogP contribution in [0, 0.1) is 11.6 Å². The Hall–Kier alpha value is -2.04. The molecule has 3 aromatic carbocycles. The van der Waals surface area contributed by atoms with Gasteiger partial charge in [0, 0.05) is 4.47 Å². The zero-order valence-corrected chi connectivity index (χ0v) is 13.6. The number of hydrogen-bond donors (Lipinski definition) is 1. The van der Waals surface area contributed by atoms with Crippen LogP contribution >= 0.6 is 15.9 Å². The summed E-state index contributed by atoms with van der Waals surface area (Å²) in [5.41, 5.74) is 0.0999. The highest BCUT2D eigenvalue weighted by Gasteiger charge is 2.34. The average Bonchev–Trinajstić information content (AvgIpc) is 2.55. The normalized spacial score (nSPS) is 11.5. The van der Waals surface area contributed by atoms with Crippen LogP contribution in [0.3, 0.4) is 0 Å². The second kappa shape index (κ2) is 6.22. The van der Waals surface area contributed by atoms with E-state index in [0.717, 1.165) is 4.47 Å². The summed E-state index contributed by atoms with van der Waals surface area (Å²) < 4.78 is 27.3. The third kappa shape index (κ3) is 3.05. The summed E-state index contributed by atoms with van der Waals surface area (Å²) in [4.78, 5) is 0. The largest absolute Gasteiger partial charge is 0.376 e. The van der Waals surface area contributed by atoms with Crippen molar-refractivity contribution in [2.75, 3.05) is 0 Å². The van der Waals surface area contributed by atoms with Crippen LogP contribution in [-0.4, -0.2) is 5.11 Å². The number of aliphatic hydroxyl groups is 1. The molecule has 0 saturated heterocycles. The van der Waals surface area contributed by atoms with Gasteiger partial charge in [-0.15, -0.1) is 0 Å². The van der Waals surface area contributed by atoms with E-state index in [1.54, 1.807) is 18.2 Å². The molecular weight excluding hydrogens is 362 g/mol. The van der Waals surface area contributed by atoms with Crippen molar-refractivity contribution in [3.05, 3.63) is 106 Å². The van der Waals surface area contributed by atoms with Crippen molar-refractivity contribution in [2.45, 2.75) is 5.60 Å². The average molecular weight is 375 g/mol. The Bertz CT molecular complexity index is 768. The molecule has 116 valence electrons. The molecule has 0 amide bonds. The lowest BCUT2D eigenvalue weighted by Crippen LogP contribution is -2.28. The minimum absolute atomic E-state index is 0.385. The summed E-state index contributed by atoms with van der Waals surface area (Å²) in [7, 11) is 0. The lowest BCUT2D eigenvalue weighted by Gasteiger charge is -2.30. The van der Waals surface area contributed by atoms with Gasteiger partial charge >= 0.3 is 0 Å². The van der Waals surface area contributed by atoms with Crippen LogP contribution < -0.4 is 0 Å². The zero-order chi connectivity index (χ0) is 16.4. The molecule has 0 saturated carbocycles. The first-order valence-corrected chi connectivity index (χ1v) is 7.80. The molecule has 4 heteroatoms. The Morgan fingerprint density at radius 3 is 1.61 bits per heavy atom. The van der Waals surface area contributed by atoms with Crippen molar-refractivity contribution in [1.29, 1.82) is 0 Å². The highest BCUT2D eigenvalue weighted by Crippen LogP contribution is 2.37. The van der Waals surface area contributed by atoms with Crippen LogP contribution in [0.15, 0.2) is 77.3 Å². The van der Waals surface area contributed by atoms with Crippen LogP contribution in [-0.2, 0) is 5.60 Å². The summed E-state index contributed by atoms with van der Waals surface area (Å²) in [6.45, 7) is 0. The van der Waals surface area contributed by atoms with E-state index in [4.69, 9.17) is 0 Å². The van der Waals surface area contributed by atoms with Gasteiger partial charge in [-0.3, -0.25) is 0 Å². The molecule has 0 spiro atoms. The standard InChI is InChI=1S/C19H13BrF2O/c20-16-3-1-2-15(12-16)19(23,13-4-8-17(21)9-5-13)14-6-10-18(22)11-7-14/h1-12,23H. The van der Waals surface area contributed by atoms with Crippen LogP contribution in [0.5, 0.6) is 0 Å². The van der Waals surface area contributed by atoms with E-state index in [-0.39, 0.29) is 11.6 Å². The summed E-state index contributed by atoms with van der Waals surface area (Å²) in [5.74, 6) is -0.770. The minimum Gasteiger partial charge on any atom is -0.376 e. The Morgan fingerprint density at radius 2 is 1.17 bits per heavy atom. The molecule has 0 radical (unpaired) electrons. The number of rotatable bonds is 3. The van der Waals surface area contributed by atoms with E-state index >= 15 is 0 Å². The van der Waals surface area contributed by atoms with Crippen molar-refractivity contribution in [3.63, 3.8) is 0 Å². The Kier molecular flexibility index (Phi) is 4.28. The molecule has 0 aliphatic rings. The van der Waals surface area contributed by atoms with Crippen molar-refractivity contribution >= 4 is 15.9 Å². The fourth-order valence-electron chi connectivity index (χ4n) is 2.60. The molecule has 0 atom stereocenters. The maximum absolute atomic E-state index is 13.3. The highest BCUT2D eigenvalue weighted by atomic mass is 79.9. The topological polar surface area (TPSA) is 20.2 Å². The third-order valence-corrected chi connectivity index (χ3v) is 4.26. The Labute approximate surface area is 141 Å². The zero-order valence-electron chi connectivity index (χ0n) is 12.0. The van der Waals surface area contributed by atoms with Crippen molar-refractivity contribution in [2.24, 2.45) is 0 Å². The molecule has 1 nitrogen and oxygen atoms in total. The SMILES string of the molecule is OC(c1ccc(F)cc1)(c1ccc(F)cc1)c1cccc(Br)c1. The Morgan fingerprint density at radius 1 is 0.696 bits per heavy atom. The van der Waals surface area contributed by atoms with Gasteiger partial charge in [0.1, 0.15) is 17.2 Å². The second-order valence-corrected chi connectivity index (χ2v) is 6.15. The van der Waals surface area contributed by atoms with E-state index in [2.05, 4.69) is 15.9 Å². The van der Waals surface area contributed by atoms with Crippen molar-refractivity contribution < 1.29 is 13.9 Å². The fraction of sp³-hybridized carbons (Fsp3) is 0.0526. The van der Waals surface area contributed by atoms with Crippen molar-refractivity contribution in [3.8, 4) is 0 Å². The van der Waals surface area contributed by atoms with Gasteiger partial charge in [0.15, 0.2) is 0 Å². The molecule has 0 aromatic heterocycles. The van der Waals surface area contributed by atoms with E-state index in [1.807, 2.05) is 6.07 Å². The van der Waals surface area contributed by atoms with Crippen LogP contribution in [0.2, 0.25) is 0 Å². The molecule has 0 heterocycles. The number of hydrogen-bond acceptors (Lipinski definition) is 1. The van der Waals surface area contributed by atoms with Gasteiger partial charge in [0.25, 0.3) is 0 Å². The molecular formula is C19H13BrF2O. The Balaban J connectivity index is 2.24. The predicted molar refractivity (Wildman–Crippen MR) is 89.0 cm³/mol. The molecule has 1 N–H and O–H groups in total. The van der Waals surface area contributed by atoms with Gasteiger partial charge in [-0.05, 0) is 53.1 Å². The van der Waals surface area contributed by atoms with E-state index in [9.17, 15) is 13.9 Å². The molecule has 23 heavy (non-hydrogen) atoms. The molecule has 0 aliphatic heterocycles. The maximum Gasteiger partial charge on any atom is 0.140 e. The van der Waals surface area contributed by atoms with Gasteiger partial charge < -0.3 is 5.11 Å². The summed E-state index contributed by atoms with van der Waals surface area (Å²) in [6.07, 6.45) is 0. The van der Waals surface area contributed by atoms with Crippen LogP contribution in [0.25, 0.3) is 0 Å². The van der Waals surface area contributed by atoms with Gasteiger partial charge in [-0.25, -0.2) is 8.78 Å². The highest BCUT2D eigenvalue weighted by molar-refractivity contribution is 9.10. The molecule has 3 rings (SSSR count). The first kappa shape index (κ1) is 15.8. The minimum atomic E-state index is -1.51. The quantitative estimate of drug-likeness (QED) is 0.638. The van der Waals surface area contributed by atoms with Crippen LogP contribution in [0.4, 0.5) is 8.78 Å². The number of halogens is 3. The van der Waals surface area contributed by atoms with Gasteiger partial charge in [-0.1, -0.05) is 52.3 Å². The molecule has 0 fully saturated rings. The third-order valence-electron chi connectivity index (χ3n) is 3.77. The predicted octanol–water partition coefficient (Wildman–Crippen LogP) is 5.01. The summed E-state index contributed by atoms with van der Waals surface area (Å²) in [5, 5.41) is 11.5. The maximum atomic E-state index is 13.3. The summed E-state index contributed by atoms with van der Waals surface area (Å²) in [6, 6.07) is 18.5. The molecule has 0 bridgehead atoms. The fourth-order valence-corrected chi connectivity index (χ4v) is 2.99. The molecule has 0 unspecified atom stereocenters. The second-order valence-electron chi connectivity index (χ2n) is 5.23. The van der Waals surface area contributed by atoms with E-state index in [1.165, 1.54) is 48.5 Å². The number of benzene rings is 3. The summed E-state index contributed by atoms with van der Waals surface area (Å²) >= 11 is 3.39.